The van der Waals surface area contributed by atoms with E-state index in [1.165, 1.54) is 6.33 Å². The lowest BCUT2D eigenvalue weighted by Crippen LogP contribution is -2.29. The summed E-state index contributed by atoms with van der Waals surface area (Å²) >= 11 is 6.68. The summed E-state index contributed by atoms with van der Waals surface area (Å²) < 4.78 is 0. The molecule has 2 aromatic carbocycles. The molecule has 4 aromatic rings. The highest BCUT2D eigenvalue weighted by molar-refractivity contribution is 6.34. The molecular formula is C28H22ClN5O2. The minimum atomic E-state index is -0.299. The smallest absolute Gasteiger partial charge is 0.298 e. The Hall–Kier alpha value is -4.28. The van der Waals surface area contributed by atoms with Crippen molar-refractivity contribution >= 4 is 40.1 Å². The summed E-state index contributed by atoms with van der Waals surface area (Å²) in [7, 11) is 0. The zero-order valence-electron chi connectivity index (χ0n) is 19.5. The van der Waals surface area contributed by atoms with E-state index in [1.54, 1.807) is 49.6 Å². The van der Waals surface area contributed by atoms with Gasteiger partial charge in [-0.2, -0.15) is 0 Å². The van der Waals surface area contributed by atoms with Gasteiger partial charge in [-0.1, -0.05) is 29.7 Å². The molecule has 2 amide bonds. The monoisotopic (exact) mass is 495 g/mol. The molecule has 0 aliphatic carbocycles. The third-order valence-corrected chi connectivity index (χ3v) is 6.50. The maximum atomic E-state index is 12.7. The minimum absolute atomic E-state index is 0.141. The van der Waals surface area contributed by atoms with Crippen LogP contribution >= 0.6 is 11.6 Å². The molecule has 0 bridgehead atoms. The van der Waals surface area contributed by atoms with Crippen molar-refractivity contribution in [3.05, 3.63) is 83.4 Å². The molecule has 5 rings (SSSR count). The van der Waals surface area contributed by atoms with E-state index in [4.69, 9.17) is 11.6 Å². The highest BCUT2D eigenvalue weighted by Gasteiger charge is 2.31. The van der Waals surface area contributed by atoms with Gasteiger partial charge in [0.25, 0.3) is 11.8 Å². The van der Waals surface area contributed by atoms with Gasteiger partial charge < -0.3 is 10.2 Å². The number of nitrogens with zero attached hydrogens (tertiary/aromatic N) is 4. The quantitative estimate of drug-likeness (QED) is 0.389. The van der Waals surface area contributed by atoms with E-state index in [0.717, 1.165) is 40.4 Å². The number of hydrogen-bond acceptors (Lipinski definition) is 5. The molecule has 36 heavy (non-hydrogen) atoms. The number of nitrogens with one attached hydrogen (secondary N) is 1. The lowest BCUT2D eigenvalue weighted by Gasteiger charge is -2.24. The van der Waals surface area contributed by atoms with Crippen LogP contribution in [0.25, 0.3) is 22.0 Å². The number of carbonyl (C=O) groups excluding carboxylic acids is 2. The molecule has 1 aliphatic rings. The molecule has 0 radical (unpaired) electrons. The van der Waals surface area contributed by atoms with Gasteiger partial charge in [0.1, 0.15) is 12.1 Å². The number of hydrogen-bond donors (Lipinski definition) is 1. The molecule has 1 unspecified atom stereocenters. The molecular weight excluding hydrogens is 474 g/mol. The molecule has 8 heteroatoms. The van der Waals surface area contributed by atoms with E-state index in [1.807, 2.05) is 23.1 Å². The van der Waals surface area contributed by atoms with Crippen molar-refractivity contribution in [2.24, 2.45) is 0 Å². The van der Waals surface area contributed by atoms with Crippen LogP contribution in [0.2, 0.25) is 5.02 Å². The Morgan fingerprint density at radius 2 is 2.03 bits per heavy atom. The van der Waals surface area contributed by atoms with E-state index in [0.29, 0.717) is 22.9 Å². The van der Waals surface area contributed by atoms with Gasteiger partial charge in [0.05, 0.1) is 11.6 Å². The lowest BCUT2D eigenvalue weighted by atomic mass is 9.94. The Bertz CT molecular complexity index is 1530. The van der Waals surface area contributed by atoms with Gasteiger partial charge in [0.15, 0.2) is 0 Å². The average molecular weight is 496 g/mol. The van der Waals surface area contributed by atoms with E-state index in [-0.39, 0.29) is 17.9 Å². The van der Waals surface area contributed by atoms with Crippen LogP contribution in [0.3, 0.4) is 0 Å². The maximum absolute atomic E-state index is 12.7. The maximum Gasteiger partial charge on any atom is 0.298 e. The molecule has 1 saturated heterocycles. The minimum Gasteiger partial charge on any atom is -0.325 e. The van der Waals surface area contributed by atoms with Gasteiger partial charge >= 0.3 is 0 Å². The Balaban J connectivity index is 1.53. The van der Waals surface area contributed by atoms with Crippen LogP contribution in [-0.2, 0) is 4.79 Å². The van der Waals surface area contributed by atoms with Crippen molar-refractivity contribution in [2.45, 2.75) is 25.8 Å². The summed E-state index contributed by atoms with van der Waals surface area (Å²) in [6, 6.07) is 14.4. The third-order valence-electron chi connectivity index (χ3n) is 6.19. The van der Waals surface area contributed by atoms with E-state index < -0.39 is 0 Å². The molecule has 2 aromatic heterocycles. The second-order valence-corrected chi connectivity index (χ2v) is 8.83. The zero-order valence-corrected chi connectivity index (χ0v) is 20.3. The van der Waals surface area contributed by atoms with Crippen molar-refractivity contribution in [1.29, 1.82) is 0 Å². The number of benzene rings is 2. The van der Waals surface area contributed by atoms with Crippen molar-refractivity contribution in [3.8, 4) is 23.0 Å². The molecule has 3 heterocycles. The van der Waals surface area contributed by atoms with Crippen LogP contribution < -0.4 is 5.32 Å². The fourth-order valence-corrected chi connectivity index (χ4v) is 4.86. The predicted octanol–water partition coefficient (Wildman–Crippen LogP) is 5.28. The number of rotatable bonds is 4. The Labute approximate surface area is 213 Å². The summed E-state index contributed by atoms with van der Waals surface area (Å²) in [6.45, 7) is 2.31. The van der Waals surface area contributed by atoms with Crippen molar-refractivity contribution in [1.82, 2.24) is 19.9 Å². The second-order valence-electron chi connectivity index (χ2n) is 8.42. The molecule has 178 valence electrons. The van der Waals surface area contributed by atoms with Gasteiger partial charge in [-0.3, -0.25) is 9.59 Å². The Kier molecular flexibility index (Phi) is 6.61. The summed E-state index contributed by atoms with van der Waals surface area (Å²) in [5.41, 5.74) is 3.77. The number of likely N-dealkylation sites (tertiary alicyclic amines) is 1. The number of carbonyl (C=O) groups is 2. The summed E-state index contributed by atoms with van der Waals surface area (Å²) in [6.07, 6.45) is 6.59. The molecule has 1 N–H and O–H groups in total. The number of anilines is 1. The van der Waals surface area contributed by atoms with E-state index in [9.17, 15) is 9.59 Å². The number of aromatic nitrogens is 3. The van der Waals surface area contributed by atoms with E-state index >= 15 is 0 Å². The number of fused-ring (bicyclic) bond motifs is 1. The fraction of sp³-hybridized carbons (Fsp3) is 0.179. The van der Waals surface area contributed by atoms with Crippen molar-refractivity contribution < 1.29 is 9.59 Å². The standard InChI is InChI=1S/C28H22ClN5O2/c1-2-6-26(35)34-12-5-7-24(34)22-14-19(13-20-16-30-17-32-27(20)22)21-10-9-18(15-23(21)29)28(36)33-25-8-3-4-11-31-25/h3-4,8-11,13-17,24H,5,7,12H2,1H3,(H,31,33,36). The molecule has 1 aliphatic heterocycles. The van der Waals surface area contributed by atoms with E-state index in [2.05, 4.69) is 32.1 Å². The van der Waals surface area contributed by atoms with Gasteiger partial charge in [-0.05, 0) is 67.6 Å². The first-order valence-corrected chi connectivity index (χ1v) is 11.9. The molecule has 1 fully saturated rings. The largest absolute Gasteiger partial charge is 0.325 e. The molecule has 0 saturated carbocycles. The number of halogens is 1. The van der Waals surface area contributed by atoms with Crippen molar-refractivity contribution in [3.63, 3.8) is 0 Å². The van der Waals surface area contributed by atoms with Gasteiger partial charge in [-0.15, -0.1) is 0 Å². The van der Waals surface area contributed by atoms with Crippen LogP contribution in [-0.4, -0.2) is 38.2 Å². The van der Waals surface area contributed by atoms with Crippen LogP contribution in [0.4, 0.5) is 5.82 Å². The third kappa shape index (κ3) is 4.64. The predicted molar refractivity (Wildman–Crippen MR) is 139 cm³/mol. The van der Waals surface area contributed by atoms with Gasteiger partial charge in [-0.25, -0.2) is 15.0 Å². The van der Waals surface area contributed by atoms with Crippen LogP contribution in [0, 0.1) is 11.8 Å². The first-order chi connectivity index (χ1) is 17.5. The number of amides is 2. The van der Waals surface area contributed by atoms with Crippen molar-refractivity contribution in [2.75, 3.05) is 11.9 Å². The normalized spacial score (nSPS) is 14.8. The van der Waals surface area contributed by atoms with Gasteiger partial charge in [0, 0.05) is 46.0 Å². The highest BCUT2D eigenvalue weighted by atomic mass is 35.5. The number of pyridine rings is 1. The SMILES string of the molecule is CC#CC(=O)N1CCCC1c1cc(-c2ccc(C(=O)Nc3ccccn3)cc2Cl)cc2cncnc12. The zero-order chi connectivity index (χ0) is 25.1. The highest BCUT2D eigenvalue weighted by Crippen LogP contribution is 2.39. The molecule has 0 spiro atoms. The first kappa shape index (κ1) is 23.5. The summed E-state index contributed by atoms with van der Waals surface area (Å²) in [5.74, 6) is 5.35. The summed E-state index contributed by atoms with van der Waals surface area (Å²) in [5, 5.41) is 4.05. The van der Waals surface area contributed by atoms with Gasteiger partial charge in [0.2, 0.25) is 0 Å². The average Bonchev–Trinajstić information content (AvgIpc) is 3.39. The second kappa shape index (κ2) is 10.1. The van der Waals surface area contributed by atoms with Crippen LogP contribution in [0.15, 0.2) is 67.3 Å². The summed E-state index contributed by atoms with van der Waals surface area (Å²) in [4.78, 5) is 40.0. The fourth-order valence-electron chi connectivity index (χ4n) is 4.57. The molecule has 1 atom stereocenters. The Morgan fingerprint density at radius 1 is 1.14 bits per heavy atom. The first-order valence-electron chi connectivity index (χ1n) is 11.5. The van der Waals surface area contributed by atoms with Crippen LogP contribution in [0.5, 0.6) is 0 Å². The lowest BCUT2D eigenvalue weighted by molar-refractivity contribution is -0.125. The molecule has 7 nitrogen and oxygen atoms in total. The topological polar surface area (TPSA) is 88.1 Å². The van der Waals surface area contributed by atoms with Crippen LogP contribution in [0.1, 0.15) is 41.7 Å². The Morgan fingerprint density at radius 3 is 2.81 bits per heavy atom.